The van der Waals surface area contributed by atoms with Crippen LogP contribution in [0.3, 0.4) is 0 Å². The molecule has 0 saturated heterocycles. The quantitative estimate of drug-likeness (QED) is 0.141. The van der Waals surface area contributed by atoms with Crippen LogP contribution in [0.5, 0.6) is 0 Å². The zero-order valence-electron chi connectivity index (χ0n) is 24.0. The second-order valence-corrected chi connectivity index (χ2v) is 8.77. The average molecular weight is 461 g/mol. The lowest BCUT2D eigenvalue weighted by atomic mass is 9.78. The zero-order valence-corrected chi connectivity index (χ0v) is 23.0. The van der Waals surface area contributed by atoms with E-state index in [9.17, 15) is 0 Å². The van der Waals surface area contributed by atoms with Crippen molar-refractivity contribution in [3.8, 4) is 0 Å². The van der Waals surface area contributed by atoms with Crippen LogP contribution in [0.25, 0.3) is 0 Å². The van der Waals surface area contributed by atoms with E-state index in [-0.39, 0.29) is 47.9 Å². The van der Waals surface area contributed by atoms with Crippen molar-refractivity contribution in [2.75, 3.05) is 0 Å². The third-order valence-corrected chi connectivity index (χ3v) is 6.85. The highest BCUT2D eigenvalue weighted by atomic mass is 14.3. The Kier molecular flexibility index (Phi) is 55.5. The van der Waals surface area contributed by atoms with Gasteiger partial charge < -0.3 is 0 Å². The Morgan fingerprint density at radius 3 is 1.22 bits per heavy atom. The average Bonchev–Trinajstić information content (AvgIpc) is 2.79. The van der Waals surface area contributed by atoms with Crippen LogP contribution in [0, 0.1) is 23.7 Å². The summed E-state index contributed by atoms with van der Waals surface area (Å²) in [4.78, 5) is 0. The van der Waals surface area contributed by atoms with Crippen LogP contribution < -0.4 is 0 Å². The van der Waals surface area contributed by atoms with E-state index in [0.717, 1.165) is 23.7 Å². The van der Waals surface area contributed by atoms with Crippen molar-refractivity contribution in [3.63, 3.8) is 0 Å². The van der Waals surface area contributed by atoms with Gasteiger partial charge >= 0.3 is 0 Å². The van der Waals surface area contributed by atoms with E-state index in [1.54, 1.807) is 0 Å². The molecule has 0 aliphatic rings. The first-order valence-corrected chi connectivity index (χ1v) is 12.5. The summed E-state index contributed by atoms with van der Waals surface area (Å²) in [6, 6.07) is 0. The van der Waals surface area contributed by atoms with Crippen LogP contribution in [0.2, 0.25) is 0 Å². The summed E-state index contributed by atoms with van der Waals surface area (Å²) in [5.41, 5.74) is 0. The fraction of sp³-hybridized carbons (Fsp3) is 1.00. The van der Waals surface area contributed by atoms with Crippen LogP contribution in [-0.4, -0.2) is 58.8 Å². The summed E-state index contributed by atoms with van der Waals surface area (Å²) in [6.07, 6.45) is 21.6. The van der Waals surface area contributed by atoms with Gasteiger partial charge in [-0.3, -0.25) is 0 Å². The molecule has 0 N–H and O–H groups in total. The minimum atomic E-state index is 0. The Bertz CT molecular complexity index is 308. The highest BCUT2D eigenvalue weighted by molar-refractivity contribution is 6.75. The third kappa shape index (κ3) is 28.5. The number of hydrogen-bond acceptors (Lipinski definition) is 0. The molecule has 0 rings (SSSR count). The summed E-state index contributed by atoms with van der Waals surface area (Å²) in [5, 5.41) is 0. The second kappa shape index (κ2) is 38.7. The lowest BCUT2D eigenvalue weighted by Gasteiger charge is -2.28. The maximum Gasteiger partial charge on any atom is 0.0379 e. The van der Waals surface area contributed by atoms with Crippen molar-refractivity contribution in [1.82, 2.24) is 0 Å². The maximum absolute atomic E-state index is 5.25. The Labute approximate surface area is 235 Å². The van der Waals surface area contributed by atoms with E-state index in [0.29, 0.717) is 0 Å². The van der Waals surface area contributed by atoms with Crippen molar-refractivity contribution >= 4 is 57.5 Å². The molecule has 32 heavy (non-hydrogen) atoms. The molecule has 18 radical (unpaired) electrons. The standard InChI is InChI=1S/C25H52.B2.BH.4B.10H2/c1-7-13-14-15-16-17-18-25(20-23(10-4)11-5)21-24(12-6)19-22(8-2)9-3;1-2;;;;;;;;;;;;;;;/h22-25H,7-21H2,1-6H3;;1H;;;;;10*1H/i;;1D;;;;;10*1+1. The van der Waals surface area contributed by atoms with Crippen molar-refractivity contribution in [3.05, 3.63) is 0 Å². The molecule has 0 bridgehead atoms. The molecule has 0 aromatic carbocycles. The van der Waals surface area contributed by atoms with Gasteiger partial charge in [0.25, 0.3) is 0 Å². The van der Waals surface area contributed by atoms with Gasteiger partial charge in [0.15, 0.2) is 0 Å². The molecule has 0 aliphatic heterocycles. The Morgan fingerprint density at radius 2 is 0.844 bits per heavy atom. The number of unbranched alkanes of at least 4 members (excludes halogenated alkanes) is 5. The van der Waals surface area contributed by atoms with E-state index < -0.39 is 0 Å². The van der Waals surface area contributed by atoms with E-state index >= 15 is 0 Å². The molecule has 2 unspecified atom stereocenters. The number of hydrogen-bond donors (Lipinski definition) is 0. The van der Waals surface area contributed by atoms with Crippen molar-refractivity contribution in [2.24, 2.45) is 23.7 Å². The highest BCUT2D eigenvalue weighted by Gasteiger charge is 2.20. The third-order valence-electron chi connectivity index (χ3n) is 6.85. The lowest BCUT2D eigenvalue weighted by molar-refractivity contribution is 0.239. The van der Waals surface area contributed by atoms with E-state index in [4.69, 9.17) is 1.34 Å². The van der Waals surface area contributed by atoms with Gasteiger partial charge in [-0.25, -0.2) is 0 Å². The monoisotopic (exact) mass is 462 g/mol. The molecule has 0 amide bonds. The van der Waals surface area contributed by atoms with Gasteiger partial charge in [0, 0.05) is 71.8 Å². The molecule has 0 saturated carbocycles. The molecule has 2 atom stereocenters. The molecule has 0 nitrogen and oxygen atoms in total. The Morgan fingerprint density at radius 1 is 0.531 bits per heavy atom. The van der Waals surface area contributed by atoms with Crippen LogP contribution in [-0.2, 0) is 0 Å². The van der Waals surface area contributed by atoms with E-state index in [1.807, 2.05) is 0 Å². The van der Waals surface area contributed by atoms with Crippen LogP contribution in [0.15, 0.2) is 0 Å². The Balaban J connectivity index is -0.0000000240. The van der Waals surface area contributed by atoms with Crippen LogP contribution in [0.4, 0.5) is 0 Å². The molecule has 7 heteroatoms. The van der Waals surface area contributed by atoms with E-state index in [2.05, 4.69) is 65.4 Å². The van der Waals surface area contributed by atoms with Crippen molar-refractivity contribution < 1.29 is 14.3 Å². The summed E-state index contributed by atoms with van der Waals surface area (Å²) in [5.74, 6) is 3.91. The first-order chi connectivity index (χ1) is 14.1. The topological polar surface area (TPSA) is 0 Å². The highest BCUT2D eigenvalue weighted by Crippen LogP contribution is 2.33. The van der Waals surface area contributed by atoms with E-state index in [1.165, 1.54) is 96.3 Å². The van der Waals surface area contributed by atoms with Gasteiger partial charge in [-0.15, -0.1) is 0 Å². The molecule has 0 fully saturated rings. The molecule has 194 valence electrons. The molecule has 0 spiro atoms. The minimum Gasteiger partial charge on any atom is -0.0654 e. The predicted octanol–water partition coefficient (Wildman–Crippen LogP) is 8.95. The molecular weight excluding hydrogens is 376 g/mol. The normalized spacial score (nSPS) is 11.6. The fourth-order valence-electron chi connectivity index (χ4n) is 4.63. The van der Waals surface area contributed by atoms with Gasteiger partial charge in [-0.1, -0.05) is 119 Å². The largest absolute Gasteiger partial charge is 0.0654 e. The van der Waals surface area contributed by atoms with Crippen molar-refractivity contribution in [2.45, 2.75) is 138 Å². The minimum absolute atomic E-state index is 0. The molecule has 0 aromatic rings. The maximum atomic E-state index is 5.25. The fourth-order valence-corrected chi connectivity index (χ4v) is 4.63. The molecular formula is C25H73B7. The first kappa shape index (κ1) is 45.9. The summed E-state index contributed by atoms with van der Waals surface area (Å²) in [6.45, 7) is 14.3. The van der Waals surface area contributed by atoms with Gasteiger partial charge in [-0.2, -0.15) is 0 Å². The SMILES string of the molecule is CCCCCCCCC(CC(CC)CC)CC(CC)CC(CC)CC.[2HH].[2HH].[2HH].[2HH].[2HH].[2HH].[2HH].[2HH].[2HH].[2HH].[2H][B].[B].[B].[B].[B].[B][B]. The molecule has 0 aromatic heterocycles. The van der Waals surface area contributed by atoms with Gasteiger partial charge in [0.2, 0.25) is 0 Å². The zero-order chi connectivity index (χ0) is 22.9. The summed E-state index contributed by atoms with van der Waals surface area (Å²) >= 11 is 0. The lowest BCUT2D eigenvalue weighted by Crippen LogP contribution is -2.15. The smallest absolute Gasteiger partial charge is 0.0379 e. The van der Waals surface area contributed by atoms with Crippen LogP contribution >= 0.6 is 0 Å². The number of rotatable bonds is 18. The second-order valence-electron chi connectivity index (χ2n) is 8.77. The van der Waals surface area contributed by atoms with Gasteiger partial charge in [-0.05, 0) is 44.3 Å². The van der Waals surface area contributed by atoms with Crippen molar-refractivity contribution in [1.29, 1.82) is 1.34 Å². The summed E-state index contributed by atoms with van der Waals surface area (Å²) < 4.78 is 5.25. The Hall–Kier alpha value is 0.455. The van der Waals surface area contributed by atoms with Crippen LogP contribution in [0.1, 0.15) is 152 Å². The summed E-state index contributed by atoms with van der Waals surface area (Å²) in [7, 11) is 11.8. The van der Waals surface area contributed by atoms with Gasteiger partial charge in [0.1, 0.15) is 0 Å². The molecule has 0 aliphatic carbocycles. The van der Waals surface area contributed by atoms with Gasteiger partial charge in [0.05, 0.1) is 0 Å². The molecule has 0 heterocycles. The predicted molar refractivity (Wildman–Crippen MR) is 180 cm³/mol. The first-order valence-electron chi connectivity index (χ1n) is 13.1.